The van der Waals surface area contributed by atoms with Gasteiger partial charge in [0.15, 0.2) is 18.2 Å². The fraction of sp³-hybridized carbons (Fsp3) is 0.464. The second-order valence-corrected chi connectivity index (χ2v) is 10.3. The number of aromatic nitrogens is 1. The molecule has 3 heterocycles. The minimum Gasteiger partial charge on any atom is -0.483 e. The maximum absolute atomic E-state index is 12.6. The molecule has 0 spiro atoms. The minimum absolute atomic E-state index is 0.0319. The van der Waals surface area contributed by atoms with Gasteiger partial charge < -0.3 is 25.2 Å². The van der Waals surface area contributed by atoms with E-state index in [0.717, 1.165) is 50.6 Å². The van der Waals surface area contributed by atoms with Gasteiger partial charge >= 0.3 is 6.09 Å². The highest BCUT2D eigenvalue weighted by atomic mass is 16.6. The summed E-state index contributed by atoms with van der Waals surface area (Å²) in [5.74, 6) is 1.90. The number of ether oxygens (including phenoxy) is 2. The first-order chi connectivity index (χ1) is 19.0. The zero-order valence-corrected chi connectivity index (χ0v) is 21.5. The number of nitrogens with one attached hydrogen (secondary N) is 2. The number of nitriles is 1. The number of cyclic esters (lactones) is 1. The van der Waals surface area contributed by atoms with Crippen LogP contribution in [-0.2, 0) is 27.2 Å². The summed E-state index contributed by atoms with van der Waals surface area (Å²) in [4.78, 5) is 38.6. The fourth-order valence-corrected chi connectivity index (χ4v) is 6.04. The summed E-state index contributed by atoms with van der Waals surface area (Å²) in [6.07, 6.45) is 5.59. The Kier molecular flexibility index (Phi) is 7.93. The summed E-state index contributed by atoms with van der Waals surface area (Å²) in [5, 5.41) is 22.7. The summed E-state index contributed by atoms with van der Waals surface area (Å²) in [6.45, 7) is 1.14. The summed E-state index contributed by atoms with van der Waals surface area (Å²) >= 11 is 0. The van der Waals surface area contributed by atoms with Gasteiger partial charge in [0.25, 0.3) is 12.4 Å². The van der Waals surface area contributed by atoms with Gasteiger partial charge in [-0.3, -0.25) is 14.5 Å². The minimum atomic E-state index is -0.395. The smallest absolute Gasteiger partial charge is 0.415 e. The van der Waals surface area contributed by atoms with Gasteiger partial charge in [-0.1, -0.05) is 12.1 Å². The molecule has 3 N–H and O–H groups in total. The molecule has 204 valence electrons. The highest BCUT2D eigenvalue weighted by Gasteiger charge is 2.40. The van der Waals surface area contributed by atoms with Crippen LogP contribution in [0.3, 0.4) is 0 Å². The van der Waals surface area contributed by atoms with E-state index in [4.69, 9.17) is 19.4 Å². The molecule has 4 aliphatic rings. The lowest BCUT2D eigenvalue weighted by atomic mass is 9.82. The molecule has 0 bridgehead atoms. The number of benzene rings is 1. The lowest BCUT2D eigenvalue weighted by Gasteiger charge is -2.32. The van der Waals surface area contributed by atoms with Crippen LogP contribution in [0.4, 0.5) is 16.4 Å². The molecule has 2 unspecified atom stereocenters. The van der Waals surface area contributed by atoms with Crippen LogP contribution in [0, 0.1) is 23.2 Å². The Bertz CT molecular complexity index is 1290. The lowest BCUT2D eigenvalue weighted by molar-refractivity contribution is -0.123. The highest BCUT2D eigenvalue weighted by Crippen LogP contribution is 2.35. The largest absolute Gasteiger partial charge is 0.483 e. The second kappa shape index (κ2) is 11.7. The molecule has 2 fully saturated rings. The first-order valence-electron chi connectivity index (χ1n) is 13.2. The van der Waals surface area contributed by atoms with E-state index in [-0.39, 0.29) is 25.1 Å². The maximum Gasteiger partial charge on any atom is 0.415 e. The third kappa shape index (κ3) is 5.81. The maximum atomic E-state index is 12.6. The van der Waals surface area contributed by atoms with Crippen LogP contribution in [0.15, 0.2) is 30.3 Å². The molecule has 2 amide bonds. The zero-order valence-electron chi connectivity index (χ0n) is 21.5. The topological polar surface area (TPSA) is 154 Å². The summed E-state index contributed by atoms with van der Waals surface area (Å²) in [6, 6.07) is 12.3. The first kappa shape index (κ1) is 26.4. The number of amides is 2. The number of carbonyl (C=O) groups is 3. The third-order valence-electron chi connectivity index (χ3n) is 7.96. The lowest BCUT2D eigenvalue weighted by Crippen LogP contribution is -2.39. The van der Waals surface area contributed by atoms with Gasteiger partial charge in [0, 0.05) is 6.04 Å². The van der Waals surface area contributed by atoms with Crippen LogP contribution in [0.5, 0.6) is 5.75 Å². The van der Waals surface area contributed by atoms with Crippen molar-refractivity contribution in [3.63, 3.8) is 0 Å². The second-order valence-electron chi connectivity index (χ2n) is 10.3. The van der Waals surface area contributed by atoms with Crippen molar-refractivity contribution in [1.82, 2.24) is 10.3 Å². The van der Waals surface area contributed by atoms with E-state index in [1.165, 1.54) is 11.1 Å². The van der Waals surface area contributed by atoms with E-state index in [0.29, 0.717) is 41.8 Å². The van der Waals surface area contributed by atoms with Gasteiger partial charge in [-0.15, -0.1) is 0 Å². The molecule has 2 aliphatic carbocycles. The molecule has 39 heavy (non-hydrogen) atoms. The predicted octanol–water partition coefficient (Wildman–Crippen LogP) is 2.87. The first-order valence-corrected chi connectivity index (χ1v) is 13.2. The van der Waals surface area contributed by atoms with Gasteiger partial charge in [-0.2, -0.15) is 5.26 Å². The molecule has 2 aromatic rings. The SMILES string of the molecule is N#Cc1cccc2c1CC(CNC1CCC(C3CN(c4ccc5c(n4)NC(=O)CO5)C(=O)O3)CC1)C2.O=CO. The molecule has 1 saturated carbocycles. The molecule has 2 aliphatic heterocycles. The van der Waals surface area contributed by atoms with Crippen molar-refractivity contribution < 1.29 is 29.0 Å². The fourth-order valence-electron chi connectivity index (χ4n) is 6.04. The monoisotopic (exact) mass is 533 g/mol. The van der Waals surface area contributed by atoms with Crippen LogP contribution in [0.1, 0.15) is 42.4 Å². The number of fused-ring (bicyclic) bond motifs is 2. The Morgan fingerprint density at radius 1 is 1.18 bits per heavy atom. The molecular weight excluding hydrogens is 502 g/mol. The van der Waals surface area contributed by atoms with Crippen LogP contribution < -0.4 is 20.3 Å². The van der Waals surface area contributed by atoms with Crippen LogP contribution >= 0.6 is 0 Å². The predicted molar refractivity (Wildman–Crippen MR) is 140 cm³/mol. The molecule has 1 aromatic carbocycles. The van der Waals surface area contributed by atoms with Gasteiger partial charge in [-0.05, 0) is 86.2 Å². The number of carboxylic acid groups (broad SMARTS) is 1. The van der Waals surface area contributed by atoms with Crippen molar-refractivity contribution >= 4 is 30.1 Å². The van der Waals surface area contributed by atoms with E-state index in [1.807, 2.05) is 12.1 Å². The number of carbonyl (C=O) groups excluding carboxylic acids is 2. The van der Waals surface area contributed by atoms with E-state index in [2.05, 4.69) is 27.8 Å². The standard InChI is InChI=1S/C27H29N5O4.CH2O2/c28-12-19-3-1-2-18-10-16(11-21(18)19)13-29-20-6-4-17(5-7-20)23-14-32(27(34)36-23)24-9-8-22-26(30-24)31-25(33)15-35-22;2-1-3/h1-3,8-9,16-17,20,23,29H,4-7,10-11,13-15H2,(H,30,31,33);1H,(H,2,3). The Morgan fingerprint density at radius 3 is 2.74 bits per heavy atom. The van der Waals surface area contributed by atoms with Gasteiger partial charge in [0.05, 0.1) is 18.2 Å². The number of nitrogens with zero attached hydrogens (tertiary/aromatic N) is 3. The number of rotatable bonds is 5. The molecule has 11 heteroatoms. The highest BCUT2D eigenvalue weighted by molar-refractivity contribution is 5.95. The van der Waals surface area contributed by atoms with E-state index in [1.54, 1.807) is 17.0 Å². The Morgan fingerprint density at radius 2 is 1.97 bits per heavy atom. The van der Waals surface area contributed by atoms with Crippen LogP contribution in [0.2, 0.25) is 0 Å². The summed E-state index contributed by atoms with van der Waals surface area (Å²) in [7, 11) is 0. The number of hydrogen-bond donors (Lipinski definition) is 3. The third-order valence-corrected chi connectivity index (χ3v) is 7.96. The average Bonchev–Trinajstić information content (AvgIpc) is 3.55. The average molecular weight is 534 g/mol. The van der Waals surface area contributed by atoms with E-state index < -0.39 is 6.09 Å². The summed E-state index contributed by atoms with van der Waals surface area (Å²) in [5.41, 5.74) is 3.37. The van der Waals surface area contributed by atoms with E-state index >= 15 is 0 Å². The van der Waals surface area contributed by atoms with Gasteiger partial charge in [0.2, 0.25) is 0 Å². The molecule has 1 saturated heterocycles. The molecular formula is C28H31N5O6. The summed E-state index contributed by atoms with van der Waals surface area (Å²) < 4.78 is 11.1. The quantitative estimate of drug-likeness (QED) is 0.492. The number of anilines is 2. The van der Waals surface area contributed by atoms with Gasteiger partial charge in [0.1, 0.15) is 11.9 Å². The van der Waals surface area contributed by atoms with Crippen molar-refractivity contribution in [3.8, 4) is 11.8 Å². The van der Waals surface area contributed by atoms with Crippen molar-refractivity contribution in [2.75, 3.05) is 29.9 Å². The molecule has 11 nitrogen and oxygen atoms in total. The van der Waals surface area contributed by atoms with Crippen molar-refractivity contribution in [2.45, 2.75) is 50.7 Å². The van der Waals surface area contributed by atoms with Gasteiger partial charge in [-0.25, -0.2) is 9.78 Å². The Labute approximate surface area is 226 Å². The number of hydrogen-bond acceptors (Lipinski definition) is 8. The van der Waals surface area contributed by atoms with Crippen LogP contribution in [0.25, 0.3) is 0 Å². The van der Waals surface area contributed by atoms with Crippen molar-refractivity contribution in [2.24, 2.45) is 11.8 Å². The van der Waals surface area contributed by atoms with Crippen molar-refractivity contribution in [3.05, 3.63) is 47.0 Å². The molecule has 6 rings (SSSR count). The van der Waals surface area contributed by atoms with E-state index in [9.17, 15) is 14.9 Å². The Balaban J connectivity index is 0.000000983. The van der Waals surface area contributed by atoms with Crippen LogP contribution in [-0.4, -0.2) is 60.4 Å². The Hall–Kier alpha value is -4.17. The molecule has 2 atom stereocenters. The van der Waals surface area contributed by atoms with Crippen molar-refractivity contribution in [1.29, 1.82) is 5.26 Å². The molecule has 1 aromatic heterocycles. The normalized spacial score (nSPS) is 25.2. The zero-order chi connectivity index (χ0) is 27.4. The molecule has 0 radical (unpaired) electrons. The number of pyridine rings is 1.